The van der Waals surface area contributed by atoms with Gasteiger partial charge in [0.1, 0.15) is 0 Å². The average Bonchev–Trinajstić information content (AvgIpc) is 2.34. The number of nitrogens with zero attached hydrogens (tertiary/aromatic N) is 2. The molecule has 3 rings (SSSR count). The van der Waals surface area contributed by atoms with E-state index in [-0.39, 0.29) is 0 Å². The fourth-order valence-corrected chi connectivity index (χ4v) is 2.11. The molecule has 3 heteroatoms. The number of carbonyl (C=O) groups is 1. The lowest BCUT2D eigenvalue weighted by atomic mass is 10.0. The highest BCUT2D eigenvalue weighted by Gasteiger charge is 2.14. The molecular formula is C13H10N2O. The van der Waals surface area contributed by atoms with Crippen molar-refractivity contribution in [1.82, 2.24) is 0 Å². The monoisotopic (exact) mass is 210 g/mol. The summed E-state index contributed by atoms with van der Waals surface area (Å²) in [6.45, 7) is 0. The van der Waals surface area contributed by atoms with Crippen LogP contribution in [0, 0.1) is 0 Å². The standard InChI is InChI=1S/C13H10N2O/c1-15-8-14-11-6-5-9(7-16)10-3-2-4-12(15)13(10)11/h2-8H,1H3. The molecule has 16 heavy (non-hydrogen) atoms. The van der Waals surface area contributed by atoms with Crippen molar-refractivity contribution in [2.45, 2.75) is 0 Å². The number of anilines is 1. The zero-order valence-electron chi connectivity index (χ0n) is 8.84. The van der Waals surface area contributed by atoms with Gasteiger partial charge in [0.05, 0.1) is 17.7 Å². The second kappa shape index (κ2) is 3.17. The first-order valence-electron chi connectivity index (χ1n) is 5.09. The van der Waals surface area contributed by atoms with E-state index >= 15 is 0 Å². The Morgan fingerprint density at radius 3 is 2.94 bits per heavy atom. The van der Waals surface area contributed by atoms with E-state index in [0.717, 1.165) is 28.4 Å². The second-order valence-corrected chi connectivity index (χ2v) is 3.85. The van der Waals surface area contributed by atoms with Crippen LogP contribution in [0.25, 0.3) is 10.8 Å². The van der Waals surface area contributed by atoms with Gasteiger partial charge in [0, 0.05) is 18.0 Å². The Hall–Kier alpha value is -2.16. The highest BCUT2D eigenvalue weighted by Crippen LogP contribution is 2.37. The largest absolute Gasteiger partial charge is 0.335 e. The van der Waals surface area contributed by atoms with Crippen LogP contribution in [0.2, 0.25) is 0 Å². The quantitative estimate of drug-likeness (QED) is 0.678. The molecule has 2 aromatic carbocycles. The first-order chi connectivity index (χ1) is 7.81. The molecule has 0 aromatic heterocycles. The normalized spacial score (nSPS) is 13.2. The molecule has 0 bridgehead atoms. The maximum Gasteiger partial charge on any atom is 0.150 e. The molecule has 0 N–H and O–H groups in total. The molecule has 0 saturated carbocycles. The Morgan fingerprint density at radius 1 is 1.25 bits per heavy atom. The van der Waals surface area contributed by atoms with Crippen LogP contribution in [0.4, 0.5) is 11.4 Å². The Morgan fingerprint density at radius 2 is 2.12 bits per heavy atom. The smallest absolute Gasteiger partial charge is 0.150 e. The summed E-state index contributed by atoms with van der Waals surface area (Å²) < 4.78 is 0. The molecule has 0 atom stereocenters. The third-order valence-corrected chi connectivity index (χ3v) is 2.91. The van der Waals surface area contributed by atoms with Crippen molar-refractivity contribution in [1.29, 1.82) is 0 Å². The molecule has 78 valence electrons. The van der Waals surface area contributed by atoms with Gasteiger partial charge in [0.15, 0.2) is 6.29 Å². The Balaban J connectivity index is 2.51. The number of aliphatic imine (C=N–C) groups is 1. The van der Waals surface area contributed by atoms with Gasteiger partial charge in [-0.2, -0.15) is 0 Å². The third kappa shape index (κ3) is 1.08. The minimum Gasteiger partial charge on any atom is -0.335 e. The van der Waals surface area contributed by atoms with Crippen LogP contribution in [0.15, 0.2) is 35.3 Å². The lowest BCUT2D eigenvalue weighted by Crippen LogP contribution is -2.16. The van der Waals surface area contributed by atoms with Crippen molar-refractivity contribution in [2.24, 2.45) is 4.99 Å². The van der Waals surface area contributed by atoms with Crippen LogP contribution in [0.3, 0.4) is 0 Å². The van der Waals surface area contributed by atoms with Gasteiger partial charge in [0.2, 0.25) is 0 Å². The molecule has 0 radical (unpaired) electrons. The van der Waals surface area contributed by atoms with Crippen molar-refractivity contribution < 1.29 is 4.79 Å². The maximum atomic E-state index is 11.0. The van der Waals surface area contributed by atoms with Crippen LogP contribution in [-0.4, -0.2) is 19.7 Å². The van der Waals surface area contributed by atoms with Crippen LogP contribution in [0.5, 0.6) is 0 Å². The topological polar surface area (TPSA) is 32.7 Å². The lowest BCUT2D eigenvalue weighted by Gasteiger charge is -2.21. The highest BCUT2D eigenvalue weighted by molar-refractivity contribution is 6.13. The summed E-state index contributed by atoms with van der Waals surface area (Å²) in [5.41, 5.74) is 2.73. The summed E-state index contributed by atoms with van der Waals surface area (Å²) in [6, 6.07) is 9.66. The predicted octanol–water partition coefficient (Wildman–Crippen LogP) is 2.76. The number of hydrogen-bond acceptors (Lipinski definition) is 3. The minimum atomic E-state index is 0.714. The number of aldehydes is 1. The summed E-state index contributed by atoms with van der Waals surface area (Å²) in [5.74, 6) is 0. The molecular weight excluding hydrogens is 200 g/mol. The molecule has 0 aliphatic carbocycles. The van der Waals surface area contributed by atoms with Gasteiger partial charge in [-0.3, -0.25) is 4.79 Å². The maximum absolute atomic E-state index is 11.0. The molecule has 2 aromatic rings. The third-order valence-electron chi connectivity index (χ3n) is 2.91. The van der Waals surface area contributed by atoms with Crippen molar-refractivity contribution in [3.05, 3.63) is 35.9 Å². The van der Waals surface area contributed by atoms with E-state index in [0.29, 0.717) is 5.56 Å². The number of benzene rings is 2. The fraction of sp³-hybridized carbons (Fsp3) is 0.0769. The highest BCUT2D eigenvalue weighted by atomic mass is 16.1. The zero-order chi connectivity index (χ0) is 11.1. The van der Waals surface area contributed by atoms with Crippen molar-refractivity contribution in [2.75, 3.05) is 11.9 Å². The van der Waals surface area contributed by atoms with E-state index in [1.807, 2.05) is 42.3 Å². The van der Waals surface area contributed by atoms with Crippen LogP contribution in [0.1, 0.15) is 10.4 Å². The number of carbonyl (C=O) groups excluding carboxylic acids is 1. The first-order valence-corrected chi connectivity index (χ1v) is 5.09. The van der Waals surface area contributed by atoms with Gasteiger partial charge >= 0.3 is 0 Å². The molecule has 1 heterocycles. The zero-order valence-corrected chi connectivity index (χ0v) is 8.84. The summed E-state index contributed by atoms with van der Waals surface area (Å²) >= 11 is 0. The average molecular weight is 210 g/mol. The second-order valence-electron chi connectivity index (χ2n) is 3.85. The van der Waals surface area contributed by atoms with Gasteiger partial charge in [-0.25, -0.2) is 4.99 Å². The molecule has 0 fully saturated rings. The van der Waals surface area contributed by atoms with Gasteiger partial charge < -0.3 is 4.90 Å². The molecule has 0 unspecified atom stereocenters. The van der Waals surface area contributed by atoms with Crippen molar-refractivity contribution in [3.63, 3.8) is 0 Å². The summed E-state index contributed by atoms with van der Waals surface area (Å²) in [4.78, 5) is 17.3. The number of hydrogen-bond donors (Lipinski definition) is 0. The Bertz CT molecular complexity index is 617. The molecule has 0 spiro atoms. The van der Waals surface area contributed by atoms with Crippen LogP contribution in [-0.2, 0) is 0 Å². The first kappa shape index (κ1) is 9.09. The lowest BCUT2D eigenvalue weighted by molar-refractivity contribution is 0.112. The predicted molar refractivity (Wildman–Crippen MR) is 65.9 cm³/mol. The van der Waals surface area contributed by atoms with E-state index in [2.05, 4.69) is 4.99 Å². The minimum absolute atomic E-state index is 0.714. The van der Waals surface area contributed by atoms with E-state index in [4.69, 9.17) is 0 Å². The summed E-state index contributed by atoms with van der Waals surface area (Å²) in [6.07, 6.45) is 2.68. The van der Waals surface area contributed by atoms with Crippen molar-refractivity contribution in [3.8, 4) is 0 Å². The molecule has 0 amide bonds. The summed E-state index contributed by atoms with van der Waals surface area (Å²) in [5, 5.41) is 2.02. The molecule has 1 aliphatic heterocycles. The van der Waals surface area contributed by atoms with Crippen molar-refractivity contribution >= 4 is 34.8 Å². The Kier molecular flexibility index (Phi) is 1.80. The van der Waals surface area contributed by atoms with Crippen LogP contribution < -0.4 is 4.90 Å². The fourth-order valence-electron chi connectivity index (χ4n) is 2.11. The van der Waals surface area contributed by atoms with Gasteiger partial charge in [-0.05, 0) is 23.6 Å². The van der Waals surface area contributed by atoms with E-state index in [1.165, 1.54) is 0 Å². The van der Waals surface area contributed by atoms with Gasteiger partial charge in [-0.1, -0.05) is 12.1 Å². The Labute approximate surface area is 93.0 Å². The van der Waals surface area contributed by atoms with E-state index in [9.17, 15) is 4.79 Å². The van der Waals surface area contributed by atoms with Gasteiger partial charge in [0.25, 0.3) is 0 Å². The molecule has 0 saturated heterocycles. The summed E-state index contributed by atoms with van der Waals surface area (Å²) in [7, 11) is 1.95. The molecule has 3 nitrogen and oxygen atoms in total. The van der Waals surface area contributed by atoms with Gasteiger partial charge in [-0.15, -0.1) is 0 Å². The van der Waals surface area contributed by atoms with E-state index in [1.54, 1.807) is 6.34 Å². The number of rotatable bonds is 1. The SMILES string of the molecule is CN1C=Nc2ccc(C=O)c3cccc1c23. The van der Waals surface area contributed by atoms with E-state index < -0.39 is 0 Å². The molecule has 1 aliphatic rings. The van der Waals surface area contributed by atoms with Crippen LogP contribution >= 0.6 is 0 Å².